The van der Waals surface area contributed by atoms with Crippen LogP contribution in [0.3, 0.4) is 0 Å². The van der Waals surface area contributed by atoms with E-state index in [9.17, 15) is 9.59 Å². The van der Waals surface area contributed by atoms with E-state index in [0.717, 1.165) is 17.5 Å². The largest absolute Gasteiger partial charge is 0.383 e. The zero-order valence-electron chi connectivity index (χ0n) is 10.9. The first-order chi connectivity index (χ1) is 8.57. The number of nitrogens with two attached hydrogens (primary N) is 2. The van der Waals surface area contributed by atoms with Gasteiger partial charge in [0.05, 0.1) is 5.56 Å². The van der Waals surface area contributed by atoms with Crippen molar-refractivity contribution in [3.05, 3.63) is 15.9 Å². The topological polar surface area (TPSA) is 107 Å². The molecule has 0 aliphatic heterocycles. The third kappa shape index (κ3) is 3.65. The number of aromatic amines is 1. The fourth-order valence-electron chi connectivity index (χ4n) is 1.98. The zero-order valence-corrected chi connectivity index (χ0v) is 10.9. The Hall–Kier alpha value is -1.72. The molecule has 0 radical (unpaired) electrons. The molecule has 18 heavy (non-hydrogen) atoms. The van der Waals surface area contributed by atoms with Gasteiger partial charge in [0.1, 0.15) is 5.82 Å². The molecule has 1 amide bonds. The SMILES string of the molecule is CCCCCCCCc1c(N)n(C(N)=O)[nH]c1=O. The summed E-state index contributed by atoms with van der Waals surface area (Å²) in [5, 5.41) is 2.34. The molecule has 6 heteroatoms. The highest BCUT2D eigenvalue weighted by atomic mass is 16.2. The zero-order chi connectivity index (χ0) is 13.5. The lowest BCUT2D eigenvalue weighted by Crippen LogP contribution is -2.23. The van der Waals surface area contributed by atoms with Gasteiger partial charge in [-0.05, 0) is 12.8 Å². The first-order valence-corrected chi connectivity index (χ1v) is 6.47. The molecule has 0 aliphatic rings. The van der Waals surface area contributed by atoms with Crippen molar-refractivity contribution in [3.8, 4) is 0 Å². The molecule has 0 aliphatic carbocycles. The molecule has 0 saturated carbocycles. The van der Waals surface area contributed by atoms with Crippen LogP contribution < -0.4 is 17.0 Å². The number of nitrogens with zero attached hydrogens (tertiary/aromatic N) is 1. The summed E-state index contributed by atoms with van der Waals surface area (Å²) in [6.45, 7) is 2.17. The maximum Gasteiger partial charge on any atom is 0.339 e. The summed E-state index contributed by atoms with van der Waals surface area (Å²) in [5.41, 5.74) is 10.9. The van der Waals surface area contributed by atoms with E-state index in [1.54, 1.807) is 0 Å². The van der Waals surface area contributed by atoms with Crippen LogP contribution in [0.1, 0.15) is 51.0 Å². The van der Waals surface area contributed by atoms with Gasteiger partial charge in [-0.15, -0.1) is 0 Å². The Morgan fingerprint density at radius 2 is 1.83 bits per heavy atom. The number of nitrogen functional groups attached to an aromatic ring is 1. The monoisotopic (exact) mass is 254 g/mol. The first-order valence-electron chi connectivity index (χ1n) is 6.47. The van der Waals surface area contributed by atoms with Gasteiger partial charge < -0.3 is 11.5 Å². The quantitative estimate of drug-likeness (QED) is 0.643. The van der Waals surface area contributed by atoms with E-state index in [4.69, 9.17) is 11.5 Å². The van der Waals surface area contributed by atoms with Crippen LogP contribution in [0.25, 0.3) is 0 Å². The number of amides is 1. The second kappa shape index (κ2) is 6.88. The van der Waals surface area contributed by atoms with Gasteiger partial charge in [-0.25, -0.2) is 4.79 Å². The van der Waals surface area contributed by atoms with Gasteiger partial charge >= 0.3 is 6.03 Å². The Balaban J connectivity index is 2.48. The van der Waals surface area contributed by atoms with Crippen molar-refractivity contribution < 1.29 is 4.79 Å². The molecule has 0 bridgehead atoms. The summed E-state index contributed by atoms with van der Waals surface area (Å²) >= 11 is 0. The van der Waals surface area contributed by atoms with Gasteiger partial charge in [-0.2, -0.15) is 4.68 Å². The van der Waals surface area contributed by atoms with Gasteiger partial charge in [0, 0.05) is 0 Å². The summed E-state index contributed by atoms with van der Waals surface area (Å²) in [4.78, 5) is 22.5. The minimum Gasteiger partial charge on any atom is -0.383 e. The Bertz CT molecular complexity index is 447. The van der Waals surface area contributed by atoms with E-state index >= 15 is 0 Å². The molecule has 0 spiro atoms. The summed E-state index contributed by atoms with van der Waals surface area (Å²) < 4.78 is 0.898. The van der Waals surface area contributed by atoms with E-state index in [1.807, 2.05) is 0 Å². The highest BCUT2D eigenvalue weighted by Crippen LogP contribution is 2.12. The van der Waals surface area contributed by atoms with Gasteiger partial charge in [0.25, 0.3) is 5.56 Å². The Morgan fingerprint density at radius 3 is 2.39 bits per heavy atom. The fourth-order valence-corrected chi connectivity index (χ4v) is 1.98. The number of H-pyrrole nitrogens is 1. The Morgan fingerprint density at radius 1 is 1.22 bits per heavy atom. The molecule has 1 heterocycles. The number of hydrogen-bond donors (Lipinski definition) is 3. The second-order valence-corrected chi connectivity index (χ2v) is 4.50. The van der Waals surface area contributed by atoms with Crippen LogP contribution in [0.15, 0.2) is 4.79 Å². The lowest BCUT2D eigenvalue weighted by Gasteiger charge is -2.01. The van der Waals surface area contributed by atoms with Crippen molar-refractivity contribution >= 4 is 11.8 Å². The number of carbonyl (C=O) groups is 1. The van der Waals surface area contributed by atoms with Crippen molar-refractivity contribution in [2.75, 3.05) is 5.73 Å². The molecular weight excluding hydrogens is 232 g/mol. The first kappa shape index (κ1) is 14.3. The third-order valence-corrected chi connectivity index (χ3v) is 3.04. The maximum atomic E-state index is 11.6. The molecule has 5 N–H and O–H groups in total. The normalized spacial score (nSPS) is 10.7. The molecule has 0 fully saturated rings. The summed E-state index contributed by atoms with van der Waals surface area (Å²) in [7, 11) is 0. The highest BCUT2D eigenvalue weighted by Gasteiger charge is 2.14. The molecule has 1 aromatic rings. The number of aromatic nitrogens is 2. The predicted octanol–water partition coefficient (Wildman–Crippen LogP) is 1.59. The highest BCUT2D eigenvalue weighted by molar-refractivity contribution is 5.77. The smallest absolute Gasteiger partial charge is 0.339 e. The maximum absolute atomic E-state index is 11.6. The van der Waals surface area contributed by atoms with E-state index in [0.29, 0.717) is 12.0 Å². The van der Waals surface area contributed by atoms with Crippen molar-refractivity contribution in [2.24, 2.45) is 5.73 Å². The molecule has 1 aromatic heterocycles. The van der Waals surface area contributed by atoms with Crippen LogP contribution in [-0.2, 0) is 6.42 Å². The minimum atomic E-state index is -0.765. The van der Waals surface area contributed by atoms with E-state index in [2.05, 4.69) is 12.0 Å². The van der Waals surface area contributed by atoms with E-state index < -0.39 is 6.03 Å². The second-order valence-electron chi connectivity index (χ2n) is 4.50. The number of nitrogens with one attached hydrogen (secondary N) is 1. The minimum absolute atomic E-state index is 0.140. The number of hydrogen-bond acceptors (Lipinski definition) is 3. The Labute approximate surface area is 106 Å². The molecule has 0 saturated heterocycles. The van der Waals surface area contributed by atoms with Gasteiger partial charge in [0.15, 0.2) is 0 Å². The number of primary amides is 1. The van der Waals surface area contributed by atoms with Crippen LogP contribution in [0, 0.1) is 0 Å². The van der Waals surface area contributed by atoms with Gasteiger partial charge in [-0.1, -0.05) is 39.0 Å². The molecule has 6 nitrogen and oxygen atoms in total. The van der Waals surface area contributed by atoms with Crippen LogP contribution in [0.2, 0.25) is 0 Å². The number of unbranched alkanes of at least 4 members (excludes halogenated alkanes) is 5. The van der Waals surface area contributed by atoms with Crippen LogP contribution in [0.5, 0.6) is 0 Å². The number of rotatable bonds is 7. The van der Waals surface area contributed by atoms with Gasteiger partial charge in [-0.3, -0.25) is 9.89 Å². The lowest BCUT2D eigenvalue weighted by atomic mass is 10.1. The summed E-state index contributed by atoms with van der Waals surface area (Å²) in [6.07, 6.45) is 7.43. The third-order valence-electron chi connectivity index (χ3n) is 3.04. The average Bonchev–Trinajstić information content (AvgIpc) is 2.60. The Kier molecular flexibility index (Phi) is 5.48. The molecular formula is C12H22N4O2. The lowest BCUT2D eigenvalue weighted by molar-refractivity contribution is 0.248. The standard InChI is InChI=1S/C12H22N4O2/c1-2-3-4-5-6-7-8-9-10(13)16(12(14)18)15-11(9)17/h2-8,13H2,1H3,(H2,14,18)(H,15,17). The van der Waals surface area contributed by atoms with Crippen LogP contribution >= 0.6 is 0 Å². The molecule has 1 rings (SSSR count). The van der Waals surface area contributed by atoms with Crippen LogP contribution in [-0.4, -0.2) is 15.8 Å². The molecule has 0 aromatic carbocycles. The van der Waals surface area contributed by atoms with Crippen molar-refractivity contribution in [1.29, 1.82) is 0 Å². The fraction of sp³-hybridized carbons (Fsp3) is 0.667. The van der Waals surface area contributed by atoms with Crippen molar-refractivity contribution in [2.45, 2.75) is 51.9 Å². The van der Waals surface area contributed by atoms with Crippen molar-refractivity contribution in [1.82, 2.24) is 9.78 Å². The van der Waals surface area contributed by atoms with Crippen LogP contribution in [0.4, 0.5) is 10.6 Å². The van der Waals surface area contributed by atoms with Crippen molar-refractivity contribution in [3.63, 3.8) is 0 Å². The summed E-state index contributed by atoms with van der Waals surface area (Å²) in [5.74, 6) is 0.140. The number of anilines is 1. The molecule has 102 valence electrons. The van der Waals surface area contributed by atoms with E-state index in [1.165, 1.54) is 25.7 Å². The number of carbonyl (C=O) groups excluding carboxylic acids is 1. The summed E-state index contributed by atoms with van der Waals surface area (Å²) in [6, 6.07) is -0.765. The average molecular weight is 254 g/mol. The molecule has 0 unspecified atom stereocenters. The van der Waals surface area contributed by atoms with Gasteiger partial charge in [0.2, 0.25) is 0 Å². The van der Waals surface area contributed by atoms with E-state index in [-0.39, 0.29) is 11.4 Å². The molecule has 0 atom stereocenters. The predicted molar refractivity (Wildman–Crippen MR) is 71.5 cm³/mol.